The summed E-state index contributed by atoms with van der Waals surface area (Å²) < 4.78 is 6.23. The Morgan fingerprint density at radius 2 is 2.00 bits per heavy atom. The standard InChI is InChI=1S/C9H11NO4/c1-3-14-9(13)7-5-10(2)4-6(7)8(11)12/h4-5H,3H2,1-2H3,(H,11,12). The van der Waals surface area contributed by atoms with Gasteiger partial charge in [-0.3, -0.25) is 0 Å². The number of ether oxygens (including phenoxy) is 1. The van der Waals surface area contributed by atoms with E-state index in [2.05, 4.69) is 0 Å². The highest BCUT2D eigenvalue weighted by Crippen LogP contribution is 2.11. The largest absolute Gasteiger partial charge is 0.478 e. The topological polar surface area (TPSA) is 68.5 Å². The quantitative estimate of drug-likeness (QED) is 0.731. The normalized spacial score (nSPS) is 9.86. The summed E-state index contributed by atoms with van der Waals surface area (Å²) >= 11 is 0. The second-order valence-corrected chi connectivity index (χ2v) is 2.78. The van der Waals surface area contributed by atoms with Crippen LogP contribution >= 0.6 is 0 Å². The molecule has 0 unspecified atom stereocenters. The van der Waals surface area contributed by atoms with Crippen molar-refractivity contribution < 1.29 is 19.4 Å². The Hall–Kier alpha value is -1.78. The van der Waals surface area contributed by atoms with E-state index in [9.17, 15) is 9.59 Å². The van der Waals surface area contributed by atoms with Crippen molar-refractivity contribution in [2.75, 3.05) is 6.61 Å². The first-order valence-electron chi connectivity index (χ1n) is 4.12. The fourth-order valence-electron chi connectivity index (χ4n) is 1.13. The predicted molar refractivity (Wildman–Crippen MR) is 48.3 cm³/mol. The van der Waals surface area contributed by atoms with E-state index in [4.69, 9.17) is 9.84 Å². The molecular weight excluding hydrogens is 186 g/mol. The summed E-state index contributed by atoms with van der Waals surface area (Å²) in [5.74, 6) is -1.74. The molecule has 1 rings (SSSR count). The van der Waals surface area contributed by atoms with Gasteiger partial charge < -0.3 is 14.4 Å². The highest BCUT2D eigenvalue weighted by Gasteiger charge is 2.19. The molecule has 5 heteroatoms. The van der Waals surface area contributed by atoms with Crippen LogP contribution < -0.4 is 0 Å². The maximum Gasteiger partial charge on any atom is 0.340 e. The van der Waals surface area contributed by atoms with E-state index in [1.807, 2.05) is 0 Å². The zero-order chi connectivity index (χ0) is 10.7. The molecule has 1 N–H and O–H groups in total. The second kappa shape index (κ2) is 3.95. The van der Waals surface area contributed by atoms with E-state index in [-0.39, 0.29) is 17.7 Å². The first kappa shape index (κ1) is 10.3. The third-order valence-corrected chi connectivity index (χ3v) is 1.68. The smallest absolute Gasteiger partial charge is 0.340 e. The molecule has 0 saturated heterocycles. The van der Waals surface area contributed by atoms with Crippen LogP contribution in [0.2, 0.25) is 0 Å². The number of carboxylic acid groups (broad SMARTS) is 1. The van der Waals surface area contributed by atoms with Gasteiger partial charge in [0.1, 0.15) is 0 Å². The summed E-state index contributed by atoms with van der Waals surface area (Å²) in [6.07, 6.45) is 2.80. The van der Waals surface area contributed by atoms with Crippen LogP contribution in [0.25, 0.3) is 0 Å². The molecule has 0 aliphatic heterocycles. The molecule has 76 valence electrons. The summed E-state index contributed by atoms with van der Waals surface area (Å²) in [6, 6.07) is 0. The predicted octanol–water partition coefficient (Wildman–Crippen LogP) is 0.900. The molecule has 0 radical (unpaired) electrons. The van der Waals surface area contributed by atoms with Gasteiger partial charge in [0.25, 0.3) is 0 Å². The van der Waals surface area contributed by atoms with Gasteiger partial charge >= 0.3 is 11.9 Å². The van der Waals surface area contributed by atoms with Crippen LogP contribution in [0.1, 0.15) is 27.6 Å². The Bertz CT molecular complexity index is 367. The Kier molecular flexibility index (Phi) is 2.91. The molecule has 1 aromatic rings. The van der Waals surface area contributed by atoms with Crippen molar-refractivity contribution in [2.45, 2.75) is 6.92 Å². The molecule has 0 aromatic carbocycles. The summed E-state index contributed by atoms with van der Waals surface area (Å²) in [5.41, 5.74) is 0.0489. The number of aryl methyl sites for hydroxylation is 1. The molecule has 0 fully saturated rings. The average Bonchev–Trinajstić information content (AvgIpc) is 2.48. The number of carbonyl (C=O) groups is 2. The Morgan fingerprint density at radius 1 is 1.43 bits per heavy atom. The zero-order valence-corrected chi connectivity index (χ0v) is 7.98. The van der Waals surface area contributed by atoms with Crippen LogP contribution in [-0.4, -0.2) is 28.2 Å². The molecular formula is C9H11NO4. The van der Waals surface area contributed by atoms with Crippen LogP contribution in [-0.2, 0) is 11.8 Å². The van der Waals surface area contributed by atoms with Crippen LogP contribution in [0.15, 0.2) is 12.4 Å². The van der Waals surface area contributed by atoms with Crippen LogP contribution in [0.3, 0.4) is 0 Å². The molecule has 0 atom stereocenters. The number of aromatic nitrogens is 1. The van der Waals surface area contributed by atoms with E-state index in [1.54, 1.807) is 14.0 Å². The van der Waals surface area contributed by atoms with Gasteiger partial charge in [0.15, 0.2) is 0 Å². The van der Waals surface area contributed by atoms with Crippen molar-refractivity contribution in [3.8, 4) is 0 Å². The van der Waals surface area contributed by atoms with Crippen LogP contribution in [0.4, 0.5) is 0 Å². The van der Waals surface area contributed by atoms with Crippen molar-refractivity contribution in [3.05, 3.63) is 23.5 Å². The van der Waals surface area contributed by atoms with Crippen LogP contribution in [0, 0.1) is 0 Å². The van der Waals surface area contributed by atoms with Crippen molar-refractivity contribution in [3.63, 3.8) is 0 Å². The maximum absolute atomic E-state index is 11.3. The van der Waals surface area contributed by atoms with E-state index in [0.717, 1.165) is 0 Å². The highest BCUT2D eigenvalue weighted by atomic mass is 16.5. The number of rotatable bonds is 3. The summed E-state index contributed by atoms with van der Waals surface area (Å²) in [5, 5.41) is 8.77. The zero-order valence-electron chi connectivity index (χ0n) is 7.98. The van der Waals surface area contributed by atoms with Crippen molar-refractivity contribution in [2.24, 2.45) is 7.05 Å². The monoisotopic (exact) mass is 197 g/mol. The van der Waals surface area contributed by atoms with Crippen molar-refractivity contribution in [1.82, 2.24) is 4.57 Å². The molecule has 0 amide bonds. The van der Waals surface area contributed by atoms with Gasteiger partial charge in [0, 0.05) is 19.4 Å². The maximum atomic E-state index is 11.3. The minimum absolute atomic E-state index is 0.0362. The SMILES string of the molecule is CCOC(=O)c1cn(C)cc1C(=O)O. The lowest BCUT2D eigenvalue weighted by Gasteiger charge is -1.99. The number of carbonyl (C=O) groups excluding carboxylic acids is 1. The third kappa shape index (κ3) is 1.93. The molecule has 0 aliphatic rings. The number of aromatic carboxylic acids is 1. The van der Waals surface area contributed by atoms with E-state index < -0.39 is 11.9 Å². The van der Waals surface area contributed by atoms with Gasteiger partial charge in [0.2, 0.25) is 0 Å². The molecule has 0 spiro atoms. The van der Waals surface area contributed by atoms with Crippen molar-refractivity contribution >= 4 is 11.9 Å². The Morgan fingerprint density at radius 3 is 2.50 bits per heavy atom. The van der Waals surface area contributed by atoms with E-state index in [0.29, 0.717) is 0 Å². The fraction of sp³-hybridized carbons (Fsp3) is 0.333. The molecule has 1 heterocycles. The minimum atomic E-state index is -1.13. The van der Waals surface area contributed by atoms with Crippen LogP contribution in [0.5, 0.6) is 0 Å². The van der Waals surface area contributed by atoms with Gasteiger partial charge in [-0.15, -0.1) is 0 Å². The first-order valence-corrected chi connectivity index (χ1v) is 4.12. The fourth-order valence-corrected chi connectivity index (χ4v) is 1.13. The van der Waals surface area contributed by atoms with Gasteiger partial charge in [-0.05, 0) is 6.92 Å². The molecule has 5 nitrogen and oxygen atoms in total. The van der Waals surface area contributed by atoms with Gasteiger partial charge in [-0.25, -0.2) is 9.59 Å². The van der Waals surface area contributed by atoms with Gasteiger partial charge in [-0.2, -0.15) is 0 Å². The van der Waals surface area contributed by atoms with E-state index in [1.165, 1.54) is 17.0 Å². The average molecular weight is 197 g/mol. The van der Waals surface area contributed by atoms with E-state index >= 15 is 0 Å². The van der Waals surface area contributed by atoms with Gasteiger partial charge in [-0.1, -0.05) is 0 Å². The number of nitrogens with zero attached hydrogens (tertiary/aromatic N) is 1. The minimum Gasteiger partial charge on any atom is -0.478 e. The summed E-state index contributed by atoms with van der Waals surface area (Å²) in [4.78, 5) is 22.0. The number of hydrogen-bond donors (Lipinski definition) is 1. The second-order valence-electron chi connectivity index (χ2n) is 2.78. The van der Waals surface area contributed by atoms with Gasteiger partial charge in [0.05, 0.1) is 17.7 Å². The lowest BCUT2D eigenvalue weighted by atomic mass is 10.2. The first-order chi connectivity index (χ1) is 6.56. The molecule has 0 bridgehead atoms. The lowest BCUT2D eigenvalue weighted by molar-refractivity contribution is 0.0515. The highest BCUT2D eigenvalue weighted by molar-refractivity contribution is 6.02. The third-order valence-electron chi connectivity index (χ3n) is 1.68. The van der Waals surface area contributed by atoms with Crippen molar-refractivity contribution in [1.29, 1.82) is 0 Å². The molecule has 14 heavy (non-hydrogen) atoms. The molecule has 1 aromatic heterocycles. The Balaban J connectivity index is 3.06. The summed E-state index contributed by atoms with van der Waals surface area (Å²) in [6.45, 7) is 1.90. The molecule has 0 saturated carbocycles. The summed E-state index contributed by atoms with van der Waals surface area (Å²) in [7, 11) is 1.65. The lowest BCUT2D eigenvalue weighted by Crippen LogP contribution is -2.08. The number of hydrogen-bond acceptors (Lipinski definition) is 3. The molecule has 0 aliphatic carbocycles. The number of esters is 1. The number of carboxylic acids is 1. The Labute approximate surface area is 80.9 Å².